The summed E-state index contributed by atoms with van der Waals surface area (Å²) in [5.41, 5.74) is 1.12. The molecule has 0 saturated heterocycles. The molecule has 150 valence electrons. The summed E-state index contributed by atoms with van der Waals surface area (Å²) in [5.74, 6) is 2.36. The molecule has 0 aliphatic heterocycles. The average molecular weight is 479 g/mol. The molecule has 26 heavy (non-hydrogen) atoms. The van der Waals surface area contributed by atoms with Crippen molar-refractivity contribution in [3.63, 3.8) is 0 Å². The third kappa shape index (κ3) is 8.93. The molecule has 6 nitrogen and oxygen atoms in total. The molecule has 0 radical (unpaired) electrons. The first-order valence-electron chi connectivity index (χ1n) is 9.09. The summed E-state index contributed by atoms with van der Waals surface area (Å²) < 4.78 is 16.4. The van der Waals surface area contributed by atoms with E-state index in [2.05, 4.69) is 35.5 Å². The molecule has 1 unspecified atom stereocenters. The molecule has 7 heteroatoms. The van der Waals surface area contributed by atoms with Crippen molar-refractivity contribution >= 4 is 29.9 Å². The highest BCUT2D eigenvalue weighted by Gasteiger charge is 2.12. The predicted molar refractivity (Wildman–Crippen MR) is 118 cm³/mol. The number of halogens is 1. The number of hydrogen-bond donors (Lipinski definition) is 2. The van der Waals surface area contributed by atoms with Crippen LogP contribution < -0.4 is 20.1 Å². The van der Waals surface area contributed by atoms with Crippen molar-refractivity contribution in [1.82, 2.24) is 10.6 Å². The maximum atomic E-state index is 5.71. The Morgan fingerprint density at radius 1 is 1.12 bits per heavy atom. The van der Waals surface area contributed by atoms with Gasteiger partial charge in [-0.2, -0.15) is 0 Å². The van der Waals surface area contributed by atoms with Crippen LogP contribution in [0.5, 0.6) is 11.5 Å². The third-order valence-electron chi connectivity index (χ3n) is 3.54. The zero-order valence-electron chi connectivity index (χ0n) is 16.6. The van der Waals surface area contributed by atoms with Crippen molar-refractivity contribution in [2.45, 2.75) is 40.2 Å². The van der Waals surface area contributed by atoms with Gasteiger partial charge in [-0.1, -0.05) is 6.07 Å². The minimum atomic E-state index is 0. The van der Waals surface area contributed by atoms with E-state index >= 15 is 0 Å². The summed E-state index contributed by atoms with van der Waals surface area (Å²) >= 11 is 0. The van der Waals surface area contributed by atoms with Gasteiger partial charge in [-0.05, 0) is 51.8 Å². The smallest absolute Gasteiger partial charge is 0.191 e. The summed E-state index contributed by atoms with van der Waals surface area (Å²) in [6.07, 6.45) is 0.902. The predicted octanol–water partition coefficient (Wildman–Crippen LogP) is 3.75. The first kappa shape index (κ1) is 24.8. The maximum absolute atomic E-state index is 5.71. The Labute approximate surface area is 175 Å². The fraction of sp³-hybridized carbons (Fsp3) is 0.632. The number of nitrogens with zero attached hydrogens (tertiary/aromatic N) is 1. The Kier molecular flexibility index (Phi) is 14.2. The van der Waals surface area contributed by atoms with Gasteiger partial charge in [0.1, 0.15) is 0 Å². The Hall–Kier alpha value is -1.22. The van der Waals surface area contributed by atoms with Crippen molar-refractivity contribution < 1.29 is 14.2 Å². The Morgan fingerprint density at radius 2 is 1.81 bits per heavy atom. The van der Waals surface area contributed by atoms with Crippen molar-refractivity contribution in [3.8, 4) is 11.5 Å². The minimum absolute atomic E-state index is 0. The highest BCUT2D eigenvalue weighted by Crippen LogP contribution is 2.30. The van der Waals surface area contributed by atoms with Gasteiger partial charge >= 0.3 is 0 Å². The molecule has 0 aliphatic rings. The van der Waals surface area contributed by atoms with E-state index in [1.165, 1.54) is 0 Å². The van der Waals surface area contributed by atoms with Crippen LogP contribution in [0.3, 0.4) is 0 Å². The number of ether oxygens (including phenoxy) is 3. The van der Waals surface area contributed by atoms with E-state index in [4.69, 9.17) is 14.2 Å². The highest BCUT2D eigenvalue weighted by atomic mass is 127. The number of nitrogens with one attached hydrogen (secondary N) is 2. The van der Waals surface area contributed by atoms with Gasteiger partial charge in [-0.15, -0.1) is 24.0 Å². The standard InChI is InChI=1S/C19H33N3O3.HI/c1-6-20-19(21-12-9-13-23-5)22-15(4)16-10-11-17(24-7-2)18(14-16)25-8-3;/h10-11,14-15H,6-9,12-13H2,1-5H3,(H2,20,21,22);1H. The van der Waals surface area contributed by atoms with E-state index in [9.17, 15) is 0 Å². The molecule has 1 atom stereocenters. The van der Waals surface area contributed by atoms with Crippen molar-refractivity contribution in [2.75, 3.05) is 40.0 Å². The van der Waals surface area contributed by atoms with Crippen LogP contribution in [-0.4, -0.2) is 46.0 Å². The summed E-state index contributed by atoms with van der Waals surface area (Å²) in [6.45, 7) is 11.6. The number of hydrogen-bond acceptors (Lipinski definition) is 4. The lowest BCUT2D eigenvalue weighted by atomic mass is 10.1. The van der Waals surface area contributed by atoms with E-state index in [1.54, 1.807) is 7.11 Å². The maximum Gasteiger partial charge on any atom is 0.191 e. The molecular weight excluding hydrogens is 445 g/mol. The van der Waals surface area contributed by atoms with Crippen molar-refractivity contribution in [1.29, 1.82) is 0 Å². The molecule has 1 aromatic carbocycles. The summed E-state index contributed by atoms with van der Waals surface area (Å²) in [6, 6.07) is 6.14. The molecule has 0 saturated carbocycles. The Bertz CT molecular complexity index is 527. The molecule has 0 amide bonds. The quantitative estimate of drug-likeness (QED) is 0.219. The molecule has 0 fully saturated rings. The second-order valence-electron chi connectivity index (χ2n) is 5.55. The Morgan fingerprint density at radius 3 is 2.42 bits per heavy atom. The SMILES string of the molecule is CCNC(=NCCCOC)NC(C)c1ccc(OCC)c(OCC)c1.I. The first-order valence-corrected chi connectivity index (χ1v) is 9.09. The number of benzene rings is 1. The molecule has 0 aliphatic carbocycles. The topological polar surface area (TPSA) is 64.1 Å². The second-order valence-corrected chi connectivity index (χ2v) is 5.55. The van der Waals surface area contributed by atoms with Crippen molar-refractivity contribution in [3.05, 3.63) is 23.8 Å². The minimum Gasteiger partial charge on any atom is -0.490 e. The van der Waals surface area contributed by atoms with E-state index in [0.29, 0.717) is 13.2 Å². The van der Waals surface area contributed by atoms with Gasteiger partial charge in [0.2, 0.25) is 0 Å². The van der Waals surface area contributed by atoms with Gasteiger partial charge < -0.3 is 24.8 Å². The van der Waals surface area contributed by atoms with E-state index in [0.717, 1.165) is 49.1 Å². The fourth-order valence-electron chi connectivity index (χ4n) is 2.35. The monoisotopic (exact) mass is 479 g/mol. The van der Waals surface area contributed by atoms with Gasteiger partial charge in [0.25, 0.3) is 0 Å². The number of guanidine groups is 1. The van der Waals surface area contributed by atoms with Crippen LogP contribution in [-0.2, 0) is 4.74 Å². The first-order chi connectivity index (χ1) is 12.2. The van der Waals surface area contributed by atoms with Crippen LogP contribution in [0.1, 0.15) is 45.7 Å². The summed E-state index contributed by atoms with van der Waals surface area (Å²) in [4.78, 5) is 4.58. The van der Waals surface area contributed by atoms with Crippen LogP contribution >= 0.6 is 24.0 Å². The molecule has 0 bridgehead atoms. The number of rotatable bonds is 11. The normalized spacial score (nSPS) is 12.1. The molecular formula is C19H34IN3O3. The molecule has 1 rings (SSSR count). The zero-order valence-corrected chi connectivity index (χ0v) is 19.0. The third-order valence-corrected chi connectivity index (χ3v) is 3.54. The van der Waals surface area contributed by atoms with Crippen LogP contribution in [0, 0.1) is 0 Å². The second kappa shape index (κ2) is 14.9. The Balaban J connectivity index is 0.00000625. The van der Waals surface area contributed by atoms with Gasteiger partial charge in [0, 0.05) is 26.8 Å². The van der Waals surface area contributed by atoms with Crippen LogP contribution in [0.25, 0.3) is 0 Å². The lowest BCUT2D eigenvalue weighted by Crippen LogP contribution is -2.38. The largest absolute Gasteiger partial charge is 0.490 e. The lowest BCUT2D eigenvalue weighted by molar-refractivity contribution is 0.197. The molecule has 0 aromatic heterocycles. The number of methoxy groups -OCH3 is 1. The van der Waals surface area contributed by atoms with Crippen molar-refractivity contribution in [2.24, 2.45) is 4.99 Å². The molecule has 0 spiro atoms. The van der Waals surface area contributed by atoms with E-state index in [1.807, 2.05) is 26.0 Å². The van der Waals surface area contributed by atoms with Gasteiger partial charge in [-0.3, -0.25) is 4.99 Å². The van der Waals surface area contributed by atoms with Crippen LogP contribution in [0.15, 0.2) is 23.2 Å². The lowest BCUT2D eigenvalue weighted by Gasteiger charge is -2.20. The fourth-order valence-corrected chi connectivity index (χ4v) is 2.35. The number of aliphatic imine (C=N–C) groups is 1. The molecule has 1 aromatic rings. The molecule has 2 N–H and O–H groups in total. The van der Waals surface area contributed by atoms with E-state index < -0.39 is 0 Å². The van der Waals surface area contributed by atoms with Crippen LogP contribution in [0.4, 0.5) is 0 Å². The highest BCUT2D eigenvalue weighted by molar-refractivity contribution is 14.0. The van der Waals surface area contributed by atoms with Gasteiger partial charge in [0.15, 0.2) is 17.5 Å². The summed E-state index contributed by atoms with van der Waals surface area (Å²) in [5, 5.41) is 6.71. The summed E-state index contributed by atoms with van der Waals surface area (Å²) in [7, 11) is 1.71. The molecule has 0 heterocycles. The van der Waals surface area contributed by atoms with E-state index in [-0.39, 0.29) is 30.0 Å². The average Bonchev–Trinajstić information content (AvgIpc) is 2.60. The zero-order chi connectivity index (χ0) is 18.5. The van der Waals surface area contributed by atoms with Gasteiger partial charge in [-0.25, -0.2) is 0 Å². The van der Waals surface area contributed by atoms with Gasteiger partial charge in [0.05, 0.1) is 19.3 Å². The van der Waals surface area contributed by atoms with Crippen LogP contribution in [0.2, 0.25) is 0 Å².